The number of ether oxygens (including phenoxy) is 1. The molecule has 0 aliphatic carbocycles. The van der Waals surface area contributed by atoms with Gasteiger partial charge in [-0.3, -0.25) is 9.69 Å². The number of carbonyl (C=O) groups is 1. The van der Waals surface area contributed by atoms with E-state index >= 15 is 0 Å². The molecule has 5 nitrogen and oxygen atoms in total. The number of aromatic nitrogens is 1. The summed E-state index contributed by atoms with van der Waals surface area (Å²) in [6.45, 7) is 5.50. The van der Waals surface area contributed by atoms with E-state index in [0.29, 0.717) is 17.2 Å². The highest BCUT2D eigenvalue weighted by atomic mass is 35.5. The Hall–Kier alpha value is -1.80. The molecule has 0 fully saturated rings. The number of anilines is 1. The van der Waals surface area contributed by atoms with E-state index in [1.54, 1.807) is 23.8 Å². The zero-order valence-corrected chi connectivity index (χ0v) is 20.4. The average molecular weight is 466 g/mol. The third-order valence-electron chi connectivity index (χ3n) is 4.57. The molecule has 0 saturated heterocycles. The molecule has 0 saturated carbocycles. The predicted octanol–water partition coefficient (Wildman–Crippen LogP) is 5.36. The van der Waals surface area contributed by atoms with E-state index in [9.17, 15) is 4.79 Å². The highest BCUT2D eigenvalue weighted by Crippen LogP contribution is 2.36. The number of fused-ring (bicyclic) bond motifs is 1. The van der Waals surface area contributed by atoms with Gasteiger partial charge in [0.1, 0.15) is 11.3 Å². The summed E-state index contributed by atoms with van der Waals surface area (Å²) in [7, 11) is 5.66. The molecule has 0 aliphatic rings. The molecule has 162 valence electrons. The fraction of sp³-hybridized carbons (Fsp3) is 0.364. The molecule has 8 heteroatoms. The van der Waals surface area contributed by atoms with Gasteiger partial charge in [-0.25, -0.2) is 4.98 Å². The van der Waals surface area contributed by atoms with Crippen molar-refractivity contribution in [3.63, 3.8) is 0 Å². The summed E-state index contributed by atoms with van der Waals surface area (Å²) < 4.78 is 6.54. The number of rotatable bonds is 8. The fourth-order valence-electron chi connectivity index (χ4n) is 2.98. The van der Waals surface area contributed by atoms with Crippen molar-refractivity contribution in [3.8, 4) is 5.75 Å². The van der Waals surface area contributed by atoms with Crippen molar-refractivity contribution in [1.82, 2.24) is 9.88 Å². The van der Waals surface area contributed by atoms with Crippen LogP contribution in [0.15, 0.2) is 41.3 Å². The van der Waals surface area contributed by atoms with Gasteiger partial charge in [-0.05, 0) is 62.7 Å². The number of hydrogen-bond donors (Lipinski definition) is 0. The minimum absolute atomic E-state index is 0. The van der Waals surface area contributed by atoms with Crippen LogP contribution in [0, 0.1) is 6.92 Å². The van der Waals surface area contributed by atoms with Gasteiger partial charge in [-0.15, -0.1) is 24.2 Å². The van der Waals surface area contributed by atoms with Gasteiger partial charge in [0.2, 0.25) is 0 Å². The van der Waals surface area contributed by atoms with Crippen molar-refractivity contribution in [3.05, 3.63) is 47.5 Å². The van der Waals surface area contributed by atoms with E-state index < -0.39 is 0 Å². The molecule has 3 aromatic rings. The van der Waals surface area contributed by atoms with Crippen molar-refractivity contribution < 1.29 is 9.53 Å². The second-order valence-electron chi connectivity index (χ2n) is 6.98. The fourth-order valence-corrected chi connectivity index (χ4v) is 4.72. The normalized spacial score (nSPS) is 10.9. The molecule has 0 unspecified atom stereocenters. The summed E-state index contributed by atoms with van der Waals surface area (Å²) >= 11 is 3.31. The molecule has 30 heavy (non-hydrogen) atoms. The van der Waals surface area contributed by atoms with Gasteiger partial charge in [-0.2, -0.15) is 0 Å². The largest absolute Gasteiger partial charge is 0.494 e. The SMILES string of the molecule is CCSc1ccc(C(=O)N(CCN(C)C)c2nc3c(OC)ccc(C)c3s2)cc1.Cl. The summed E-state index contributed by atoms with van der Waals surface area (Å²) in [6, 6.07) is 11.8. The highest BCUT2D eigenvalue weighted by molar-refractivity contribution is 7.99. The van der Waals surface area contributed by atoms with E-state index in [1.165, 1.54) is 16.2 Å². The zero-order valence-electron chi connectivity index (χ0n) is 18.0. The standard InChI is InChI=1S/C22H27N3O2S2.ClH/c1-6-28-17-10-8-16(9-11-17)21(26)25(14-13-24(3)4)22-23-19-18(27-5)12-7-15(2)20(19)29-22;/h7-12H,6,13-14H2,1-5H3;1H. The molecule has 0 atom stereocenters. The summed E-state index contributed by atoms with van der Waals surface area (Å²) in [6.07, 6.45) is 0. The number of carbonyl (C=O) groups excluding carboxylic acids is 1. The van der Waals surface area contributed by atoms with Gasteiger partial charge < -0.3 is 9.64 Å². The molecular weight excluding hydrogens is 438 g/mol. The van der Waals surface area contributed by atoms with Crippen molar-refractivity contribution in [2.75, 3.05) is 44.9 Å². The first-order valence-corrected chi connectivity index (χ1v) is 11.4. The van der Waals surface area contributed by atoms with Gasteiger partial charge in [0.25, 0.3) is 5.91 Å². The van der Waals surface area contributed by atoms with Crippen LogP contribution in [0.2, 0.25) is 0 Å². The van der Waals surface area contributed by atoms with Gasteiger partial charge in [-0.1, -0.05) is 24.3 Å². The second kappa shape index (κ2) is 11.0. The lowest BCUT2D eigenvalue weighted by atomic mass is 10.2. The number of hydrogen-bond acceptors (Lipinski definition) is 6. The monoisotopic (exact) mass is 465 g/mol. The first kappa shape index (κ1) is 24.5. The molecule has 0 aliphatic heterocycles. The van der Waals surface area contributed by atoms with E-state index in [2.05, 4.69) is 18.7 Å². The molecule has 1 amide bonds. The minimum atomic E-state index is -0.0319. The van der Waals surface area contributed by atoms with Gasteiger partial charge in [0.05, 0.1) is 11.8 Å². The van der Waals surface area contributed by atoms with Crippen molar-refractivity contribution in [2.24, 2.45) is 0 Å². The van der Waals surface area contributed by atoms with Crippen LogP contribution >= 0.6 is 35.5 Å². The minimum Gasteiger partial charge on any atom is -0.494 e. The number of thioether (sulfide) groups is 1. The molecule has 1 aromatic heterocycles. The van der Waals surface area contributed by atoms with E-state index in [4.69, 9.17) is 9.72 Å². The number of methoxy groups -OCH3 is 1. The first-order valence-electron chi connectivity index (χ1n) is 9.58. The first-order chi connectivity index (χ1) is 13.9. The predicted molar refractivity (Wildman–Crippen MR) is 131 cm³/mol. The van der Waals surface area contributed by atoms with Crippen LogP contribution in [-0.4, -0.2) is 55.8 Å². The Morgan fingerprint density at radius 3 is 2.43 bits per heavy atom. The maximum Gasteiger partial charge on any atom is 0.260 e. The van der Waals surface area contributed by atoms with Crippen LogP contribution in [0.1, 0.15) is 22.8 Å². The third kappa shape index (κ3) is 5.46. The molecule has 0 spiro atoms. The summed E-state index contributed by atoms with van der Waals surface area (Å²) in [5.41, 5.74) is 2.61. The average Bonchev–Trinajstić information content (AvgIpc) is 3.15. The van der Waals surface area contributed by atoms with Crippen molar-refractivity contribution >= 4 is 56.8 Å². The highest BCUT2D eigenvalue weighted by Gasteiger charge is 2.23. The number of likely N-dealkylation sites (N-methyl/N-ethyl adjacent to an activating group) is 1. The van der Waals surface area contributed by atoms with Gasteiger partial charge >= 0.3 is 0 Å². The third-order valence-corrected chi connectivity index (χ3v) is 6.68. The Balaban J connectivity index is 0.00000320. The van der Waals surface area contributed by atoms with Gasteiger partial charge in [0, 0.05) is 23.5 Å². The van der Waals surface area contributed by atoms with Crippen LogP contribution in [0.3, 0.4) is 0 Å². The van der Waals surface area contributed by atoms with Crippen molar-refractivity contribution in [2.45, 2.75) is 18.7 Å². The summed E-state index contributed by atoms with van der Waals surface area (Å²) in [5.74, 6) is 1.71. The lowest BCUT2D eigenvalue weighted by molar-refractivity contribution is 0.0985. The lowest BCUT2D eigenvalue weighted by Crippen LogP contribution is -2.36. The van der Waals surface area contributed by atoms with Crippen LogP contribution in [0.4, 0.5) is 5.13 Å². The van der Waals surface area contributed by atoms with Crippen LogP contribution in [0.5, 0.6) is 5.75 Å². The topological polar surface area (TPSA) is 45.7 Å². The molecule has 0 bridgehead atoms. The van der Waals surface area contributed by atoms with Crippen molar-refractivity contribution in [1.29, 1.82) is 0 Å². The number of amides is 1. The molecule has 1 heterocycles. The molecule has 0 radical (unpaired) electrons. The van der Waals surface area contributed by atoms with E-state index in [0.717, 1.165) is 33.8 Å². The molecule has 2 aromatic carbocycles. The maximum absolute atomic E-state index is 13.4. The van der Waals surface area contributed by atoms with Crippen LogP contribution in [0.25, 0.3) is 10.2 Å². The van der Waals surface area contributed by atoms with Gasteiger partial charge in [0.15, 0.2) is 5.13 Å². The Kier molecular flexibility index (Phi) is 8.97. The Labute approximate surface area is 192 Å². The number of halogens is 1. The molecule has 3 rings (SSSR count). The zero-order chi connectivity index (χ0) is 21.0. The summed E-state index contributed by atoms with van der Waals surface area (Å²) in [5, 5.41) is 0.700. The Morgan fingerprint density at radius 1 is 1.13 bits per heavy atom. The molecular formula is C22H28ClN3O2S2. The number of aryl methyl sites for hydroxylation is 1. The number of thiazole rings is 1. The number of nitrogens with zero attached hydrogens (tertiary/aromatic N) is 3. The quantitative estimate of drug-likeness (QED) is 0.419. The Bertz CT molecular complexity index is 990. The maximum atomic E-state index is 13.4. The Morgan fingerprint density at radius 2 is 1.83 bits per heavy atom. The number of benzene rings is 2. The van der Waals surface area contributed by atoms with Crippen LogP contribution < -0.4 is 9.64 Å². The lowest BCUT2D eigenvalue weighted by Gasteiger charge is -2.22. The second-order valence-corrected chi connectivity index (χ2v) is 9.29. The smallest absolute Gasteiger partial charge is 0.260 e. The van der Waals surface area contributed by atoms with E-state index in [-0.39, 0.29) is 18.3 Å². The summed E-state index contributed by atoms with van der Waals surface area (Å²) in [4.78, 5) is 23.2. The van der Waals surface area contributed by atoms with E-state index in [1.807, 2.05) is 50.5 Å². The molecule has 0 N–H and O–H groups in total. The van der Waals surface area contributed by atoms with Crippen LogP contribution in [-0.2, 0) is 0 Å².